The minimum Gasteiger partial charge on any atom is -0.496 e. The van der Waals surface area contributed by atoms with Gasteiger partial charge in [0.05, 0.1) is 7.11 Å². The van der Waals surface area contributed by atoms with E-state index in [1.165, 1.54) is 12.1 Å². The van der Waals surface area contributed by atoms with Gasteiger partial charge in [0, 0.05) is 71.0 Å². The normalized spacial score (nSPS) is 13.9. The van der Waals surface area contributed by atoms with Crippen molar-refractivity contribution < 1.29 is 13.9 Å². The number of aliphatic imine (C=N–C) groups is 1. The summed E-state index contributed by atoms with van der Waals surface area (Å²) in [7, 11) is 5.35. The van der Waals surface area contributed by atoms with Crippen molar-refractivity contribution in [1.29, 1.82) is 0 Å². The molecular formula is C24H33FIN5O2. The summed E-state index contributed by atoms with van der Waals surface area (Å²) in [5.74, 6) is 1.45. The van der Waals surface area contributed by atoms with Gasteiger partial charge in [-0.25, -0.2) is 4.39 Å². The molecule has 1 aliphatic rings. The minimum atomic E-state index is -0.237. The SMILES string of the molecule is CN=C(NCCC(=O)N1CCN(c2ccc(F)cc2)CC1)N(C)Cc1ccccc1OC.I. The zero-order chi connectivity index (χ0) is 22.9. The first kappa shape index (κ1) is 26.7. The first-order chi connectivity index (χ1) is 15.5. The predicted octanol–water partition coefficient (Wildman–Crippen LogP) is 3.20. The van der Waals surface area contributed by atoms with E-state index in [1.807, 2.05) is 41.1 Å². The van der Waals surface area contributed by atoms with Crippen molar-refractivity contribution in [2.75, 3.05) is 58.8 Å². The lowest BCUT2D eigenvalue weighted by atomic mass is 10.2. The Balaban J connectivity index is 0.00000385. The monoisotopic (exact) mass is 569 g/mol. The van der Waals surface area contributed by atoms with E-state index in [0.717, 1.165) is 36.0 Å². The van der Waals surface area contributed by atoms with Gasteiger partial charge in [-0.1, -0.05) is 18.2 Å². The number of halogens is 2. The third kappa shape index (κ3) is 7.48. The second kappa shape index (κ2) is 13.2. The number of ether oxygens (including phenoxy) is 1. The molecule has 1 heterocycles. The molecule has 0 aliphatic carbocycles. The number of rotatable bonds is 7. The molecule has 0 saturated carbocycles. The van der Waals surface area contributed by atoms with Gasteiger partial charge < -0.3 is 24.8 Å². The fraction of sp³-hybridized carbons (Fsp3) is 0.417. The average Bonchev–Trinajstić information content (AvgIpc) is 2.82. The van der Waals surface area contributed by atoms with Gasteiger partial charge in [0.2, 0.25) is 5.91 Å². The van der Waals surface area contributed by atoms with Crippen LogP contribution in [0.4, 0.5) is 10.1 Å². The first-order valence-electron chi connectivity index (χ1n) is 10.8. The summed E-state index contributed by atoms with van der Waals surface area (Å²) >= 11 is 0. The van der Waals surface area contributed by atoms with E-state index in [-0.39, 0.29) is 35.7 Å². The summed E-state index contributed by atoms with van der Waals surface area (Å²) in [5.41, 5.74) is 2.05. The maximum absolute atomic E-state index is 13.1. The maximum Gasteiger partial charge on any atom is 0.224 e. The van der Waals surface area contributed by atoms with Gasteiger partial charge >= 0.3 is 0 Å². The Morgan fingerprint density at radius 2 is 1.79 bits per heavy atom. The highest BCUT2D eigenvalue weighted by molar-refractivity contribution is 14.0. The van der Waals surface area contributed by atoms with E-state index in [1.54, 1.807) is 26.3 Å². The molecule has 2 aromatic rings. The number of methoxy groups -OCH3 is 1. The summed E-state index contributed by atoms with van der Waals surface area (Å²) in [6.07, 6.45) is 0.401. The van der Waals surface area contributed by atoms with Gasteiger partial charge in [-0.05, 0) is 30.3 Å². The largest absolute Gasteiger partial charge is 0.496 e. The number of nitrogens with one attached hydrogen (secondary N) is 1. The van der Waals surface area contributed by atoms with Crippen LogP contribution in [0.25, 0.3) is 0 Å². The number of guanidine groups is 1. The highest BCUT2D eigenvalue weighted by Gasteiger charge is 2.21. The smallest absolute Gasteiger partial charge is 0.224 e. The van der Waals surface area contributed by atoms with Crippen molar-refractivity contribution in [1.82, 2.24) is 15.1 Å². The van der Waals surface area contributed by atoms with Crippen LogP contribution in [0.3, 0.4) is 0 Å². The molecular weight excluding hydrogens is 536 g/mol. The molecule has 9 heteroatoms. The molecule has 3 rings (SSSR count). The van der Waals surface area contributed by atoms with Crippen molar-refractivity contribution in [2.45, 2.75) is 13.0 Å². The van der Waals surface area contributed by atoms with Gasteiger partial charge in [0.25, 0.3) is 0 Å². The third-order valence-corrected chi connectivity index (χ3v) is 5.62. The zero-order valence-corrected chi connectivity index (χ0v) is 21.8. The molecule has 0 atom stereocenters. The van der Waals surface area contributed by atoms with E-state index in [0.29, 0.717) is 32.6 Å². The molecule has 0 bridgehead atoms. The molecule has 0 unspecified atom stereocenters. The molecule has 33 heavy (non-hydrogen) atoms. The molecule has 2 aromatic carbocycles. The van der Waals surface area contributed by atoms with Gasteiger partial charge in [0.15, 0.2) is 5.96 Å². The third-order valence-electron chi connectivity index (χ3n) is 5.62. The van der Waals surface area contributed by atoms with Crippen LogP contribution in [0.1, 0.15) is 12.0 Å². The number of para-hydroxylation sites is 1. The summed E-state index contributed by atoms with van der Waals surface area (Å²) in [6.45, 7) is 3.97. The molecule has 7 nitrogen and oxygen atoms in total. The van der Waals surface area contributed by atoms with Crippen molar-refractivity contribution in [3.8, 4) is 5.75 Å². The first-order valence-corrected chi connectivity index (χ1v) is 10.8. The summed E-state index contributed by atoms with van der Waals surface area (Å²) in [5, 5.41) is 3.28. The highest BCUT2D eigenvalue weighted by atomic mass is 127. The number of piperazine rings is 1. The second-order valence-corrected chi connectivity index (χ2v) is 7.74. The van der Waals surface area contributed by atoms with Crippen LogP contribution < -0.4 is 15.0 Å². The number of hydrogen-bond acceptors (Lipinski definition) is 4. The molecule has 1 N–H and O–H groups in total. The lowest BCUT2D eigenvalue weighted by Gasteiger charge is -2.36. The molecule has 1 fully saturated rings. The zero-order valence-electron chi connectivity index (χ0n) is 19.5. The van der Waals surface area contributed by atoms with Gasteiger partial charge in [-0.15, -0.1) is 24.0 Å². The Morgan fingerprint density at radius 1 is 1.12 bits per heavy atom. The van der Waals surface area contributed by atoms with Crippen molar-refractivity contribution >= 4 is 41.5 Å². The quantitative estimate of drug-likeness (QED) is 0.316. The van der Waals surface area contributed by atoms with E-state index in [2.05, 4.69) is 15.2 Å². The molecule has 1 saturated heterocycles. The Labute approximate surface area is 212 Å². The maximum atomic E-state index is 13.1. The number of nitrogens with zero attached hydrogens (tertiary/aromatic N) is 4. The summed E-state index contributed by atoms with van der Waals surface area (Å²) in [6, 6.07) is 14.4. The molecule has 180 valence electrons. The van der Waals surface area contributed by atoms with E-state index in [9.17, 15) is 9.18 Å². The topological polar surface area (TPSA) is 60.4 Å². The average molecular weight is 569 g/mol. The molecule has 1 amide bonds. The van der Waals surface area contributed by atoms with Crippen molar-refractivity contribution in [3.63, 3.8) is 0 Å². The van der Waals surface area contributed by atoms with Crippen molar-refractivity contribution in [2.24, 2.45) is 4.99 Å². The van der Waals surface area contributed by atoms with Crippen LogP contribution in [0, 0.1) is 5.82 Å². The molecule has 0 spiro atoms. The van der Waals surface area contributed by atoms with Crippen molar-refractivity contribution in [3.05, 3.63) is 59.9 Å². The summed E-state index contributed by atoms with van der Waals surface area (Å²) < 4.78 is 18.5. The van der Waals surface area contributed by atoms with Crippen LogP contribution in [-0.2, 0) is 11.3 Å². The number of carbonyl (C=O) groups is 1. The van der Waals surface area contributed by atoms with E-state index in [4.69, 9.17) is 4.74 Å². The number of hydrogen-bond donors (Lipinski definition) is 1. The number of carbonyl (C=O) groups excluding carboxylic acids is 1. The van der Waals surface area contributed by atoms with Gasteiger partial charge in [-0.3, -0.25) is 9.79 Å². The van der Waals surface area contributed by atoms with E-state index >= 15 is 0 Å². The van der Waals surface area contributed by atoms with Crippen LogP contribution in [0.5, 0.6) is 5.75 Å². The Morgan fingerprint density at radius 3 is 2.42 bits per heavy atom. The second-order valence-electron chi connectivity index (χ2n) is 7.74. The number of anilines is 1. The highest BCUT2D eigenvalue weighted by Crippen LogP contribution is 2.19. The predicted molar refractivity (Wildman–Crippen MR) is 141 cm³/mol. The number of amides is 1. The summed E-state index contributed by atoms with van der Waals surface area (Å²) in [4.78, 5) is 23.1. The lowest BCUT2D eigenvalue weighted by molar-refractivity contribution is -0.131. The van der Waals surface area contributed by atoms with E-state index < -0.39 is 0 Å². The molecule has 0 aromatic heterocycles. The Bertz CT molecular complexity index is 917. The molecule has 1 aliphatic heterocycles. The standard InChI is InChI=1S/C24H32FN5O2.HI/c1-26-24(28(2)18-19-6-4-5-7-22(19)32-3)27-13-12-23(31)30-16-14-29(15-17-30)21-10-8-20(25)9-11-21;/h4-11H,12-18H2,1-3H3,(H,26,27);1H. The van der Waals surface area contributed by atoms with Crippen LogP contribution >= 0.6 is 24.0 Å². The Kier molecular flexibility index (Phi) is 10.7. The van der Waals surface area contributed by atoms with Crippen LogP contribution in [0.2, 0.25) is 0 Å². The Hall–Kier alpha value is -2.56. The fourth-order valence-corrected chi connectivity index (χ4v) is 3.85. The number of benzene rings is 2. The fourth-order valence-electron chi connectivity index (χ4n) is 3.85. The minimum absolute atomic E-state index is 0. The van der Waals surface area contributed by atoms with Crippen LogP contribution in [-0.4, -0.2) is 75.6 Å². The van der Waals surface area contributed by atoms with Crippen LogP contribution in [0.15, 0.2) is 53.5 Å². The molecule has 0 radical (unpaired) electrons. The van der Waals surface area contributed by atoms with Gasteiger partial charge in [-0.2, -0.15) is 0 Å². The lowest BCUT2D eigenvalue weighted by Crippen LogP contribution is -2.49. The van der Waals surface area contributed by atoms with Gasteiger partial charge in [0.1, 0.15) is 11.6 Å².